The van der Waals surface area contributed by atoms with Crippen molar-refractivity contribution < 1.29 is 89.1 Å². The first kappa shape index (κ1) is 37.6. The van der Waals surface area contributed by atoms with Gasteiger partial charge in [-0.15, -0.1) is 0 Å². The topological polar surface area (TPSA) is 292 Å². The maximum atomic E-state index is 11.7. The van der Waals surface area contributed by atoms with E-state index in [2.05, 4.69) is 0 Å². The summed E-state index contributed by atoms with van der Waals surface area (Å²) in [5.41, 5.74) is 0. The number of carboxylic acid groups (broad SMARTS) is 1. The zero-order valence-electron chi connectivity index (χ0n) is 26.2. The molecule has 5 fully saturated rings. The third-order valence-electron chi connectivity index (χ3n) is 10.2. The highest BCUT2D eigenvalue weighted by atomic mass is 16.7. The van der Waals surface area contributed by atoms with Crippen molar-refractivity contribution in [3.8, 4) is 0 Å². The van der Waals surface area contributed by atoms with Gasteiger partial charge in [0.05, 0.1) is 43.2 Å². The number of aliphatic hydroxyl groups excluding tert-OH is 9. The molecular weight excluding hydrogens is 648 g/mol. The van der Waals surface area contributed by atoms with E-state index < -0.39 is 136 Å². The van der Waals surface area contributed by atoms with Crippen LogP contribution in [0.15, 0.2) is 0 Å². The van der Waals surface area contributed by atoms with Crippen LogP contribution in [0.5, 0.6) is 0 Å². The number of aliphatic carboxylic acids is 1. The first-order chi connectivity index (χ1) is 22.8. The van der Waals surface area contributed by atoms with Gasteiger partial charge < -0.3 is 79.5 Å². The summed E-state index contributed by atoms with van der Waals surface area (Å²) in [5.74, 6) is -3.16. The van der Waals surface area contributed by atoms with E-state index in [1.165, 1.54) is 0 Å². The molecular formula is C30H48O18. The van der Waals surface area contributed by atoms with Crippen molar-refractivity contribution in [2.45, 2.75) is 149 Å². The molecule has 48 heavy (non-hydrogen) atoms. The fourth-order valence-corrected chi connectivity index (χ4v) is 7.55. The number of carbonyl (C=O) groups is 2. The van der Waals surface area contributed by atoms with Crippen LogP contribution < -0.4 is 0 Å². The van der Waals surface area contributed by atoms with Gasteiger partial charge in [0, 0.05) is 12.3 Å². The van der Waals surface area contributed by atoms with Crippen molar-refractivity contribution in [3.63, 3.8) is 0 Å². The molecule has 3 heterocycles. The first-order valence-electron chi connectivity index (χ1n) is 16.5. The van der Waals surface area contributed by atoms with E-state index in [1.54, 1.807) is 0 Å². The molecule has 3 saturated heterocycles. The van der Waals surface area contributed by atoms with Crippen molar-refractivity contribution in [1.29, 1.82) is 0 Å². The number of hydrogen-bond acceptors (Lipinski definition) is 17. The van der Waals surface area contributed by atoms with Crippen molar-refractivity contribution in [2.24, 2.45) is 11.8 Å². The van der Waals surface area contributed by atoms with Crippen LogP contribution in [0.3, 0.4) is 0 Å². The summed E-state index contributed by atoms with van der Waals surface area (Å²) in [6.45, 7) is -1.30. The molecule has 0 radical (unpaired) electrons. The molecule has 3 aliphatic heterocycles. The summed E-state index contributed by atoms with van der Waals surface area (Å²) in [6, 6.07) is 0. The molecule has 0 amide bonds. The average molecular weight is 697 g/mol. The van der Waals surface area contributed by atoms with Crippen LogP contribution >= 0.6 is 0 Å². The van der Waals surface area contributed by atoms with Crippen LogP contribution in [0, 0.1) is 11.8 Å². The van der Waals surface area contributed by atoms with E-state index in [0.29, 0.717) is 25.7 Å². The van der Waals surface area contributed by atoms with Gasteiger partial charge in [-0.25, -0.2) is 0 Å². The van der Waals surface area contributed by atoms with Gasteiger partial charge in [0.1, 0.15) is 61.9 Å². The van der Waals surface area contributed by atoms with E-state index in [1.807, 2.05) is 0 Å². The first-order valence-corrected chi connectivity index (χ1v) is 16.5. The van der Waals surface area contributed by atoms with Gasteiger partial charge in [-0.2, -0.15) is 0 Å². The van der Waals surface area contributed by atoms with E-state index in [4.69, 9.17) is 33.5 Å². The quantitative estimate of drug-likeness (QED) is 0.0766. The predicted octanol–water partition coefficient (Wildman–Crippen LogP) is -4.14. The fourth-order valence-electron chi connectivity index (χ4n) is 7.55. The van der Waals surface area contributed by atoms with Crippen molar-refractivity contribution in [1.82, 2.24) is 0 Å². The summed E-state index contributed by atoms with van der Waals surface area (Å²) in [4.78, 5) is 22.5. The zero-order chi connectivity index (χ0) is 34.9. The highest BCUT2D eigenvalue weighted by molar-refractivity contribution is 5.90. The van der Waals surface area contributed by atoms with Gasteiger partial charge in [-0.3, -0.25) is 9.59 Å². The Labute approximate surface area is 275 Å². The molecule has 0 bridgehead atoms. The number of rotatable bonds is 10. The summed E-state index contributed by atoms with van der Waals surface area (Å²) < 4.78 is 35.1. The Balaban J connectivity index is 1.33. The highest BCUT2D eigenvalue weighted by Gasteiger charge is 2.53. The average Bonchev–Trinajstić information content (AvgIpc) is 3.04. The van der Waals surface area contributed by atoms with Gasteiger partial charge in [0.2, 0.25) is 0 Å². The number of carbonyl (C=O) groups excluding carboxylic acids is 1. The largest absolute Gasteiger partial charge is 0.481 e. The van der Waals surface area contributed by atoms with E-state index in [-0.39, 0.29) is 25.2 Å². The Morgan fingerprint density at radius 3 is 1.83 bits per heavy atom. The molecule has 276 valence electrons. The maximum absolute atomic E-state index is 11.7. The van der Waals surface area contributed by atoms with E-state index in [9.17, 15) is 55.5 Å². The molecule has 18 nitrogen and oxygen atoms in total. The minimum absolute atomic E-state index is 0.0427. The second-order valence-electron chi connectivity index (χ2n) is 13.5. The lowest BCUT2D eigenvalue weighted by atomic mass is 9.73. The van der Waals surface area contributed by atoms with E-state index >= 15 is 0 Å². The second-order valence-corrected chi connectivity index (χ2v) is 13.5. The van der Waals surface area contributed by atoms with Gasteiger partial charge in [-0.1, -0.05) is 0 Å². The second kappa shape index (κ2) is 16.2. The van der Waals surface area contributed by atoms with E-state index in [0.717, 1.165) is 0 Å². The molecule has 0 spiro atoms. The SMILES string of the molecule is O=C(O)CC(=O)OC[C@H]1O[C@@H](OC2CC(O)CC3OC(C4CCC(O)CC4)C(O[C@@H]4O[C@H](CO)[C@@H](O)[C@H](O)[C@H]4O)CC32)[C@H](O)[C@@H](O)[C@@H]1O. The lowest BCUT2D eigenvalue weighted by molar-refractivity contribution is -0.344. The molecule has 10 N–H and O–H groups in total. The van der Waals surface area contributed by atoms with Crippen LogP contribution in [0.4, 0.5) is 0 Å². The molecule has 5 rings (SSSR count). The Morgan fingerprint density at radius 2 is 1.23 bits per heavy atom. The van der Waals surface area contributed by atoms with Crippen LogP contribution in [0.1, 0.15) is 51.4 Å². The summed E-state index contributed by atoms with van der Waals surface area (Å²) >= 11 is 0. The van der Waals surface area contributed by atoms with Crippen molar-refractivity contribution in [2.75, 3.05) is 13.2 Å². The molecule has 0 aromatic carbocycles. The van der Waals surface area contributed by atoms with Crippen molar-refractivity contribution in [3.05, 3.63) is 0 Å². The van der Waals surface area contributed by atoms with Crippen molar-refractivity contribution >= 4 is 11.9 Å². The predicted molar refractivity (Wildman–Crippen MR) is 153 cm³/mol. The minimum Gasteiger partial charge on any atom is -0.481 e. The monoisotopic (exact) mass is 696 g/mol. The number of hydrogen-bond donors (Lipinski definition) is 10. The number of fused-ring (bicyclic) bond motifs is 1. The molecule has 0 aromatic rings. The third kappa shape index (κ3) is 8.46. The minimum atomic E-state index is -1.80. The Morgan fingerprint density at radius 1 is 0.646 bits per heavy atom. The lowest BCUT2D eigenvalue weighted by Gasteiger charge is -2.52. The third-order valence-corrected chi connectivity index (χ3v) is 10.2. The number of esters is 1. The number of ether oxygens (including phenoxy) is 6. The number of aliphatic hydroxyl groups is 9. The molecule has 18 heteroatoms. The molecule has 0 aromatic heterocycles. The summed E-state index contributed by atoms with van der Waals surface area (Å²) in [5, 5.41) is 102. The summed E-state index contributed by atoms with van der Waals surface area (Å²) in [6.07, 6.45) is -18.3. The number of carboxylic acids is 1. The normalized spacial score (nSPS) is 48.4. The molecule has 16 atom stereocenters. The standard InChI is InChI=1S/C30H48O18/c31-9-18-22(37)24(39)26(41)30(47-18)46-17-7-14-15(44-28(17)11-1-3-12(32)4-2-11)5-13(33)6-16(14)45-29-27(42)25(40)23(38)19(48-29)10-43-21(36)8-20(34)35/h11-19,22-33,37-42H,1-10H2,(H,34,35)/t11?,12?,13?,14?,15?,16?,17?,18-,19-,22-,23-,24+,25+,26-,27-,28?,29-,30-/m1/s1. The van der Waals surface area contributed by atoms with Gasteiger partial charge in [-0.05, 0) is 44.4 Å². The van der Waals surface area contributed by atoms with Crippen LogP contribution in [0.25, 0.3) is 0 Å². The van der Waals surface area contributed by atoms with Gasteiger partial charge in [0.15, 0.2) is 12.6 Å². The Hall–Kier alpha value is -1.62. The molecule has 6 unspecified atom stereocenters. The molecule has 2 aliphatic carbocycles. The Kier molecular flexibility index (Phi) is 12.7. The van der Waals surface area contributed by atoms with Gasteiger partial charge >= 0.3 is 11.9 Å². The van der Waals surface area contributed by atoms with Crippen LogP contribution in [-0.4, -0.2) is 174 Å². The fraction of sp³-hybridized carbons (Fsp3) is 0.933. The maximum Gasteiger partial charge on any atom is 0.317 e. The van der Waals surface area contributed by atoms with Gasteiger partial charge in [0.25, 0.3) is 0 Å². The smallest absolute Gasteiger partial charge is 0.317 e. The highest BCUT2D eigenvalue weighted by Crippen LogP contribution is 2.45. The molecule has 2 saturated carbocycles. The Bertz CT molecular complexity index is 1070. The van der Waals surface area contributed by atoms with Crippen LogP contribution in [-0.2, 0) is 38.0 Å². The zero-order valence-corrected chi connectivity index (χ0v) is 26.2. The van der Waals surface area contributed by atoms with Crippen LogP contribution in [0.2, 0.25) is 0 Å². The lowest BCUT2D eigenvalue weighted by Crippen LogP contribution is -2.63. The molecule has 5 aliphatic rings. The summed E-state index contributed by atoms with van der Waals surface area (Å²) in [7, 11) is 0.